The van der Waals surface area contributed by atoms with Gasteiger partial charge in [0.2, 0.25) is 12.2 Å². The van der Waals surface area contributed by atoms with Crippen molar-refractivity contribution in [1.82, 2.24) is 15.1 Å². The van der Waals surface area contributed by atoms with E-state index in [1.54, 1.807) is 0 Å². The Morgan fingerprint density at radius 2 is 1.93 bits per heavy atom. The molecule has 0 aliphatic rings. The Hall–Kier alpha value is -2.23. The summed E-state index contributed by atoms with van der Waals surface area (Å²) >= 11 is 0. The van der Waals surface area contributed by atoms with Gasteiger partial charge in [-0.2, -0.15) is 4.98 Å². The average Bonchev–Trinajstić information content (AvgIpc) is 2.82. The van der Waals surface area contributed by atoms with Gasteiger partial charge >= 0.3 is 0 Å². The van der Waals surface area contributed by atoms with Crippen LogP contribution in [0.15, 0.2) is 47.3 Å². The molecule has 0 fully saturated rings. The van der Waals surface area contributed by atoms with Crippen LogP contribution in [0.5, 0.6) is 0 Å². The van der Waals surface area contributed by atoms with Crippen molar-refractivity contribution in [3.05, 3.63) is 42.8 Å². The van der Waals surface area contributed by atoms with E-state index in [1.165, 1.54) is 6.39 Å². The van der Waals surface area contributed by atoms with Gasteiger partial charge in [-0.25, -0.2) is 4.98 Å². The van der Waals surface area contributed by atoms with Gasteiger partial charge in [-0.1, -0.05) is 29.4 Å². The number of para-hydroxylation sites is 1. The molecule has 4 heteroatoms. The van der Waals surface area contributed by atoms with Crippen LogP contribution in [0.2, 0.25) is 0 Å². The zero-order chi connectivity index (χ0) is 10.1. The second-order valence-electron chi connectivity index (χ2n) is 3.14. The third-order valence-electron chi connectivity index (χ3n) is 2.19. The monoisotopic (exact) mass is 197 g/mol. The molecule has 2 heterocycles. The predicted octanol–water partition coefficient (Wildman–Crippen LogP) is 2.28. The van der Waals surface area contributed by atoms with Crippen molar-refractivity contribution < 1.29 is 4.52 Å². The van der Waals surface area contributed by atoms with E-state index >= 15 is 0 Å². The molecular formula is C11H7N3O. The fraction of sp³-hybridized carbons (Fsp3) is 0. The van der Waals surface area contributed by atoms with Crippen molar-refractivity contribution >= 4 is 10.9 Å². The highest BCUT2D eigenvalue weighted by Gasteiger charge is 2.04. The zero-order valence-corrected chi connectivity index (χ0v) is 7.79. The van der Waals surface area contributed by atoms with Gasteiger partial charge in [0, 0.05) is 5.39 Å². The maximum Gasteiger partial charge on any atom is 0.220 e. The summed E-state index contributed by atoms with van der Waals surface area (Å²) in [6, 6.07) is 11.8. The molecule has 0 amide bonds. The minimum atomic E-state index is 0.515. The standard InChI is InChI=1S/C11H7N3O/c1-2-4-9-8(3-1)5-6-10(13-9)11-12-7-15-14-11/h1-7H. The minimum Gasteiger partial charge on any atom is -0.342 e. The van der Waals surface area contributed by atoms with E-state index in [0.717, 1.165) is 16.6 Å². The summed E-state index contributed by atoms with van der Waals surface area (Å²) in [6.45, 7) is 0. The van der Waals surface area contributed by atoms with Gasteiger partial charge in [0.1, 0.15) is 5.69 Å². The summed E-state index contributed by atoms with van der Waals surface area (Å²) in [6.07, 6.45) is 1.30. The topological polar surface area (TPSA) is 51.8 Å². The number of fused-ring (bicyclic) bond motifs is 1. The van der Waals surface area contributed by atoms with E-state index in [4.69, 9.17) is 0 Å². The molecule has 0 bridgehead atoms. The van der Waals surface area contributed by atoms with Crippen LogP contribution in [0.25, 0.3) is 22.4 Å². The first-order valence-corrected chi connectivity index (χ1v) is 4.56. The third-order valence-corrected chi connectivity index (χ3v) is 2.19. The molecule has 3 rings (SSSR count). The van der Waals surface area contributed by atoms with Gasteiger partial charge < -0.3 is 4.52 Å². The molecule has 0 N–H and O–H groups in total. The van der Waals surface area contributed by atoms with Crippen molar-refractivity contribution in [3.63, 3.8) is 0 Å². The lowest BCUT2D eigenvalue weighted by molar-refractivity contribution is 0.418. The van der Waals surface area contributed by atoms with Gasteiger partial charge in [-0.3, -0.25) is 0 Å². The van der Waals surface area contributed by atoms with Crippen LogP contribution in [-0.4, -0.2) is 15.1 Å². The van der Waals surface area contributed by atoms with Gasteiger partial charge in [0.25, 0.3) is 0 Å². The maximum absolute atomic E-state index is 4.68. The summed E-state index contributed by atoms with van der Waals surface area (Å²) in [7, 11) is 0. The van der Waals surface area contributed by atoms with Crippen LogP contribution in [0.1, 0.15) is 0 Å². The molecule has 4 nitrogen and oxygen atoms in total. The lowest BCUT2D eigenvalue weighted by Crippen LogP contribution is -1.86. The molecule has 0 saturated heterocycles. The second kappa shape index (κ2) is 3.16. The van der Waals surface area contributed by atoms with E-state index < -0.39 is 0 Å². The van der Waals surface area contributed by atoms with Crippen LogP contribution < -0.4 is 0 Å². The Kier molecular flexibility index (Phi) is 1.71. The van der Waals surface area contributed by atoms with Gasteiger partial charge in [-0.05, 0) is 12.1 Å². The number of rotatable bonds is 1. The molecule has 0 atom stereocenters. The van der Waals surface area contributed by atoms with E-state index in [-0.39, 0.29) is 0 Å². The first-order chi connectivity index (χ1) is 7.43. The van der Waals surface area contributed by atoms with E-state index in [9.17, 15) is 0 Å². The number of benzene rings is 1. The summed E-state index contributed by atoms with van der Waals surface area (Å²) in [5.41, 5.74) is 1.65. The Balaban J connectivity index is 2.22. The second-order valence-corrected chi connectivity index (χ2v) is 3.14. The number of hydrogen-bond acceptors (Lipinski definition) is 4. The van der Waals surface area contributed by atoms with Crippen molar-refractivity contribution in [2.45, 2.75) is 0 Å². The highest BCUT2D eigenvalue weighted by Crippen LogP contribution is 2.17. The largest absolute Gasteiger partial charge is 0.342 e. The average molecular weight is 197 g/mol. The molecule has 0 saturated carbocycles. The quantitative estimate of drug-likeness (QED) is 0.600. The molecule has 72 valence electrons. The van der Waals surface area contributed by atoms with Crippen molar-refractivity contribution in [1.29, 1.82) is 0 Å². The molecule has 15 heavy (non-hydrogen) atoms. The van der Waals surface area contributed by atoms with Gasteiger partial charge in [-0.15, -0.1) is 0 Å². The molecular weight excluding hydrogens is 190 g/mol. The summed E-state index contributed by atoms with van der Waals surface area (Å²) in [4.78, 5) is 8.39. The number of nitrogens with zero attached hydrogens (tertiary/aromatic N) is 3. The van der Waals surface area contributed by atoms with Crippen LogP contribution in [0.4, 0.5) is 0 Å². The zero-order valence-electron chi connectivity index (χ0n) is 7.79. The highest BCUT2D eigenvalue weighted by atomic mass is 16.5. The van der Waals surface area contributed by atoms with Crippen LogP contribution in [-0.2, 0) is 0 Å². The number of aromatic nitrogens is 3. The fourth-order valence-corrected chi connectivity index (χ4v) is 1.47. The molecule has 1 aromatic carbocycles. The van der Waals surface area contributed by atoms with Crippen molar-refractivity contribution in [2.75, 3.05) is 0 Å². The molecule has 2 aromatic heterocycles. The van der Waals surface area contributed by atoms with Gasteiger partial charge in [0.05, 0.1) is 5.52 Å². The van der Waals surface area contributed by atoms with E-state index in [2.05, 4.69) is 19.6 Å². The Bertz CT molecular complexity index is 590. The number of hydrogen-bond donors (Lipinski definition) is 0. The lowest BCUT2D eigenvalue weighted by Gasteiger charge is -1.97. The predicted molar refractivity (Wildman–Crippen MR) is 55.0 cm³/mol. The van der Waals surface area contributed by atoms with Crippen LogP contribution in [0, 0.1) is 0 Å². The Morgan fingerprint density at radius 3 is 2.80 bits per heavy atom. The van der Waals surface area contributed by atoms with Crippen LogP contribution >= 0.6 is 0 Å². The number of pyridine rings is 1. The summed E-state index contributed by atoms with van der Waals surface area (Å²) < 4.78 is 4.68. The Labute approximate surface area is 85.6 Å². The smallest absolute Gasteiger partial charge is 0.220 e. The summed E-state index contributed by atoms with van der Waals surface area (Å²) in [5, 5.41) is 4.85. The van der Waals surface area contributed by atoms with Crippen molar-refractivity contribution in [2.24, 2.45) is 0 Å². The summed E-state index contributed by atoms with van der Waals surface area (Å²) in [5.74, 6) is 0.515. The van der Waals surface area contributed by atoms with Gasteiger partial charge in [0.15, 0.2) is 0 Å². The van der Waals surface area contributed by atoms with E-state index in [1.807, 2.05) is 36.4 Å². The minimum absolute atomic E-state index is 0.515. The Morgan fingerprint density at radius 1 is 1.00 bits per heavy atom. The fourth-order valence-electron chi connectivity index (χ4n) is 1.47. The third kappa shape index (κ3) is 1.36. The molecule has 0 spiro atoms. The lowest BCUT2D eigenvalue weighted by atomic mass is 10.2. The van der Waals surface area contributed by atoms with E-state index in [0.29, 0.717) is 5.82 Å². The molecule has 0 aliphatic carbocycles. The first kappa shape index (κ1) is 8.11. The highest BCUT2D eigenvalue weighted by molar-refractivity contribution is 5.80. The first-order valence-electron chi connectivity index (χ1n) is 4.56. The van der Waals surface area contributed by atoms with Crippen molar-refractivity contribution in [3.8, 4) is 11.5 Å². The normalized spacial score (nSPS) is 10.7. The maximum atomic E-state index is 4.68. The molecule has 0 radical (unpaired) electrons. The van der Waals surface area contributed by atoms with Crippen LogP contribution in [0.3, 0.4) is 0 Å². The molecule has 0 aliphatic heterocycles. The molecule has 3 aromatic rings. The SMILES string of the molecule is c1ccc2nc(-c3ncon3)ccc2c1. The molecule has 0 unspecified atom stereocenters.